The van der Waals surface area contributed by atoms with E-state index >= 15 is 0 Å². The van der Waals surface area contributed by atoms with Crippen LogP contribution >= 0.6 is 0 Å². The first-order valence-corrected chi connectivity index (χ1v) is 6.09. The van der Waals surface area contributed by atoms with E-state index in [0.717, 1.165) is 17.7 Å². The predicted octanol–water partition coefficient (Wildman–Crippen LogP) is 3.04. The fourth-order valence-corrected chi connectivity index (χ4v) is 1.84. The van der Waals surface area contributed by atoms with Crippen LogP contribution in [-0.2, 0) is 6.42 Å². The van der Waals surface area contributed by atoms with Crippen LogP contribution in [0.15, 0.2) is 42.6 Å². The van der Waals surface area contributed by atoms with Gasteiger partial charge >= 0.3 is 0 Å². The van der Waals surface area contributed by atoms with Crippen molar-refractivity contribution in [3.8, 4) is 5.75 Å². The minimum absolute atomic E-state index is 0.191. The van der Waals surface area contributed by atoms with Gasteiger partial charge in [0.2, 0.25) is 0 Å². The number of pyridine rings is 1. The van der Waals surface area contributed by atoms with E-state index in [1.54, 1.807) is 6.20 Å². The quantitative estimate of drug-likeness (QED) is 0.896. The molecule has 0 unspecified atom stereocenters. The Kier molecular flexibility index (Phi) is 3.82. The first-order chi connectivity index (χ1) is 8.63. The van der Waals surface area contributed by atoms with E-state index in [0.29, 0.717) is 5.82 Å². The topological polar surface area (TPSA) is 48.1 Å². The molecule has 0 aliphatic rings. The zero-order valence-corrected chi connectivity index (χ0v) is 10.8. The summed E-state index contributed by atoms with van der Waals surface area (Å²) in [6, 6.07) is 12.0. The number of nitrogens with two attached hydrogens (primary N) is 1. The number of aromatic nitrogens is 1. The fraction of sp³-hybridized carbons (Fsp3) is 0.267. The molecular formula is C15H18N2O. The molecule has 0 spiro atoms. The third-order valence-corrected chi connectivity index (χ3v) is 2.52. The van der Waals surface area contributed by atoms with Gasteiger partial charge in [0.15, 0.2) is 0 Å². The lowest BCUT2D eigenvalue weighted by Crippen LogP contribution is -2.05. The second kappa shape index (κ2) is 5.54. The second-order valence-corrected chi connectivity index (χ2v) is 4.58. The minimum Gasteiger partial charge on any atom is -0.491 e. The van der Waals surface area contributed by atoms with E-state index in [1.165, 1.54) is 5.56 Å². The largest absolute Gasteiger partial charge is 0.491 e. The lowest BCUT2D eigenvalue weighted by Gasteiger charge is -2.11. The summed E-state index contributed by atoms with van der Waals surface area (Å²) < 4.78 is 5.68. The van der Waals surface area contributed by atoms with Crippen LogP contribution in [0.2, 0.25) is 0 Å². The number of anilines is 1. The fourth-order valence-electron chi connectivity index (χ4n) is 1.84. The SMILES string of the molecule is CC(C)Oc1cccc(Cc2ccnc(N)c2)c1. The highest BCUT2D eigenvalue weighted by molar-refractivity contribution is 5.37. The number of benzene rings is 1. The van der Waals surface area contributed by atoms with Gasteiger partial charge in [0.25, 0.3) is 0 Å². The minimum atomic E-state index is 0.191. The van der Waals surface area contributed by atoms with E-state index in [1.807, 2.05) is 38.1 Å². The lowest BCUT2D eigenvalue weighted by atomic mass is 10.1. The lowest BCUT2D eigenvalue weighted by molar-refractivity contribution is 0.242. The van der Waals surface area contributed by atoms with E-state index in [4.69, 9.17) is 10.5 Å². The van der Waals surface area contributed by atoms with Crippen molar-refractivity contribution >= 4 is 5.82 Å². The molecule has 2 N–H and O–H groups in total. The van der Waals surface area contributed by atoms with Crippen molar-refractivity contribution in [1.29, 1.82) is 0 Å². The van der Waals surface area contributed by atoms with Crippen molar-refractivity contribution < 1.29 is 4.74 Å². The molecule has 0 saturated carbocycles. The molecule has 3 heteroatoms. The van der Waals surface area contributed by atoms with Gasteiger partial charge in [-0.05, 0) is 55.7 Å². The van der Waals surface area contributed by atoms with Crippen LogP contribution in [-0.4, -0.2) is 11.1 Å². The van der Waals surface area contributed by atoms with Crippen molar-refractivity contribution in [2.75, 3.05) is 5.73 Å². The summed E-state index contributed by atoms with van der Waals surface area (Å²) in [7, 11) is 0. The van der Waals surface area contributed by atoms with Crippen LogP contribution in [0.1, 0.15) is 25.0 Å². The first kappa shape index (κ1) is 12.4. The van der Waals surface area contributed by atoms with Gasteiger partial charge in [-0.1, -0.05) is 12.1 Å². The first-order valence-electron chi connectivity index (χ1n) is 6.09. The van der Waals surface area contributed by atoms with Crippen LogP contribution in [0, 0.1) is 0 Å². The Morgan fingerprint density at radius 1 is 1.17 bits per heavy atom. The van der Waals surface area contributed by atoms with Gasteiger partial charge in [-0.25, -0.2) is 4.98 Å². The molecule has 0 amide bonds. The number of nitrogens with zero attached hydrogens (tertiary/aromatic N) is 1. The molecule has 0 radical (unpaired) electrons. The summed E-state index contributed by atoms with van der Waals surface area (Å²) in [6.07, 6.45) is 2.76. The smallest absolute Gasteiger partial charge is 0.123 e. The van der Waals surface area contributed by atoms with Crippen molar-refractivity contribution in [2.24, 2.45) is 0 Å². The predicted molar refractivity (Wildman–Crippen MR) is 73.7 cm³/mol. The summed E-state index contributed by atoms with van der Waals surface area (Å²) >= 11 is 0. The van der Waals surface area contributed by atoms with Crippen LogP contribution in [0.4, 0.5) is 5.82 Å². The Morgan fingerprint density at radius 2 is 1.94 bits per heavy atom. The van der Waals surface area contributed by atoms with Crippen molar-refractivity contribution in [3.05, 3.63) is 53.7 Å². The van der Waals surface area contributed by atoms with Gasteiger partial charge < -0.3 is 10.5 Å². The Morgan fingerprint density at radius 3 is 2.67 bits per heavy atom. The maximum Gasteiger partial charge on any atom is 0.123 e. The molecule has 0 fully saturated rings. The highest BCUT2D eigenvalue weighted by atomic mass is 16.5. The van der Waals surface area contributed by atoms with Gasteiger partial charge in [-0.15, -0.1) is 0 Å². The standard InChI is InChI=1S/C15H18N2O/c1-11(2)18-14-5-3-4-12(9-14)8-13-6-7-17-15(16)10-13/h3-7,9-11H,8H2,1-2H3,(H2,16,17). The molecule has 3 nitrogen and oxygen atoms in total. The highest BCUT2D eigenvalue weighted by Crippen LogP contribution is 2.18. The maximum atomic E-state index is 5.68. The van der Waals surface area contributed by atoms with Crippen LogP contribution < -0.4 is 10.5 Å². The molecule has 1 aromatic heterocycles. The zero-order valence-electron chi connectivity index (χ0n) is 10.8. The molecule has 0 atom stereocenters. The third kappa shape index (κ3) is 3.48. The average Bonchev–Trinajstić information content (AvgIpc) is 2.28. The van der Waals surface area contributed by atoms with Crippen molar-refractivity contribution in [1.82, 2.24) is 4.98 Å². The Bertz CT molecular complexity index is 523. The van der Waals surface area contributed by atoms with Crippen LogP contribution in [0.25, 0.3) is 0 Å². The summed E-state index contributed by atoms with van der Waals surface area (Å²) in [5.41, 5.74) is 8.04. The number of hydrogen-bond acceptors (Lipinski definition) is 3. The monoisotopic (exact) mass is 242 g/mol. The number of ether oxygens (including phenoxy) is 1. The summed E-state index contributed by atoms with van der Waals surface area (Å²) in [6.45, 7) is 4.05. The molecule has 0 aliphatic carbocycles. The second-order valence-electron chi connectivity index (χ2n) is 4.58. The van der Waals surface area contributed by atoms with E-state index < -0.39 is 0 Å². The molecule has 1 aromatic carbocycles. The van der Waals surface area contributed by atoms with Gasteiger partial charge in [0.1, 0.15) is 11.6 Å². The molecule has 18 heavy (non-hydrogen) atoms. The van der Waals surface area contributed by atoms with Gasteiger partial charge in [-0.2, -0.15) is 0 Å². The van der Waals surface area contributed by atoms with E-state index in [2.05, 4.69) is 17.1 Å². The average molecular weight is 242 g/mol. The van der Waals surface area contributed by atoms with Crippen molar-refractivity contribution in [3.63, 3.8) is 0 Å². The van der Waals surface area contributed by atoms with Crippen molar-refractivity contribution in [2.45, 2.75) is 26.4 Å². The normalized spacial score (nSPS) is 10.6. The molecule has 0 saturated heterocycles. The van der Waals surface area contributed by atoms with Gasteiger partial charge in [0, 0.05) is 6.20 Å². The molecule has 1 heterocycles. The molecule has 2 rings (SSSR count). The molecule has 2 aromatic rings. The number of rotatable bonds is 4. The zero-order chi connectivity index (χ0) is 13.0. The van der Waals surface area contributed by atoms with Crippen LogP contribution in [0.5, 0.6) is 5.75 Å². The van der Waals surface area contributed by atoms with Gasteiger partial charge in [0.05, 0.1) is 6.10 Å². The molecule has 94 valence electrons. The van der Waals surface area contributed by atoms with E-state index in [-0.39, 0.29) is 6.10 Å². The molecule has 0 bridgehead atoms. The third-order valence-electron chi connectivity index (χ3n) is 2.52. The molecule has 0 aliphatic heterocycles. The maximum absolute atomic E-state index is 5.68. The highest BCUT2D eigenvalue weighted by Gasteiger charge is 2.01. The Labute approximate surface area is 108 Å². The number of nitrogen functional groups attached to an aromatic ring is 1. The van der Waals surface area contributed by atoms with E-state index in [9.17, 15) is 0 Å². The summed E-state index contributed by atoms with van der Waals surface area (Å²) in [5, 5.41) is 0. The Hall–Kier alpha value is -2.03. The summed E-state index contributed by atoms with van der Waals surface area (Å²) in [4.78, 5) is 3.99. The van der Waals surface area contributed by atoms with Crippen LogP contribution in [0.3, 0.4) is 0 Å². The van der Waals surface area contributed by atoms with Gasteiger partial charge in [-0.3, -0.25) is 0 Å². The summed E-state index contributed by atoms with van der Waals surface area (Å²) in [5.74, 6) is 1.46. The Balaban J connectivity index is 2.14. The molecular weight excluding hydrogens is 224 g/mol. The number of hydrogen-bond donors (Lipinski definition) is 1.